The van der Waals surface area contributed by atoms with E-state index in [1.165, 1.54) is 0 Å². The molecule has 3 nitrogen and oxygen atoms in total. The summed E-state index contributed by atoms with van der Waals surface area (Å²) < 4.78 is 5.44. The molecule has 0 heterocycles. The largest absolute Gasteiger partial charge is 0.487 e. The van der Waals surface area contributed by atoms with Crippen LogP contribution >= 0.6 is 37.0 Å². The second kappa shape index (κ2) is 16.4. The molecule has 0 saturated heterocycles. The van der Waals surface area contributed by atoms with E-state index >= 15 is 0 Å². The molecule has 0 atom stereocenters. The van der Waals surface area contributed by atoms with Crippen LogP contribution in [0.15, 0.2) is 0 Å². The zero-order chi connectivity index (χ0) is 11.5. The van der Waals surface area contributed by atoms with E-state index in [4.69, 9.17) is 22.7 Å². The maximum Gasteiger partial charge on any atom is 0.159 e. The van der Waals surface area contributed by atoms with Gasteiger partial charge in [-0.05, 0) is 65.1 Å². The molecular formula is C11H26Cl2N2OS. The SMILES string of the molecule is CN(C)CCCC(=S)OCCCCCN.Cl.Cl. The average molecular weight is 305 g/mol. The molecule has 0 aliphatic rings. The number of nitrogens with two attached hydrogens (primary N) is 1. The normalized spacial score (nSPS) is 9.41. The Balaban J connectivity index is -0.000000980. The van der Waals surface area contributed by atoms with Gasteiger partial charge in [0.1, 0.15) is 0 Å². The maximum absolute atomic E-state index is 5.44. The molecule has 0 aliphatic heterocycles. The maximum atomic E-state index is 5.44. The predicted octanol–water partition coefficient (Wildman–Crippen LogP) is 2.64. The van der Waals surface area contributed by atoms with E-state index in [1.54, 1.807) is 0 Å². The van der Waals surface area contributed by atoms with E-state index < -0.39 is 0 Å². The van der Waals surface area contributed by atoms with Gasteiger partial charge in [0.05, 0.1) is 6.61 Å². The molecule has 0 amide bonds. The lowest BCUT2D eigenvalue weighted by atomic mass is 10.2. The third kappa shape index (κ3) is 18.9. The summed E-state index contributed by atoms with van der Waals surface area (Å²) in [5.41, 5.74) is 5.39. The number of nitrogens with zero attached hydrogens (tertiary/aromatic N) is 1. The van der Waals surface area contributed by atoms with Crippen molar-refractivity contribution in [3.05, 3.63) is 0 Å². The van der Waals surface area contributed by atoms with Crippen LogP contribution in [-0.2, 0) is 4.74 Å². The minimum Gasteiger partial charge on any atom is -0.487 e. The van der Waals surface area contributed by atoms with Gasteiger partial charge < -0.3 is 15.4 Å². The fourth-order valence-electron chi connectivity index (χ4n) is 1.22. The standard InChI is InChI=1S/C11H24N2OS.2ClH/c1-13(2)9-6-7-11(15)14-10-5-3-4-8-12;;/h3-10,12H2,1-2H3;2*1H. The van der Waals surface area contributed by atoms with Crippen LogP contribution < -0.4 is 5.73 Å². The van der Waals surface area contributed by atoms with Gasteiger partial charge in [-0.3, -0.25) is 0 Å². The van der Waals surface area contributed by atoms with E-state index in [0.29, 0.717) is 0 Å². The highest BCUT2D eigenvalue weighted by Crippen LogP contribution is 2.00. The van der Waals surface area contributed by atoms with Crippen LogP contribution in [0.1, 0.15) is 32.1 Å². The van der Waals surface area contributed by atoms with E-state index in [1.807, 2.05) is 0 Å². The fourth-order valence-corrected chi connectivity index (χ4v) is 1.45. The monoisotopic (exact) mass is 304 g/mol. The molecule has 6 heteroatoms. The first-order valence-corrected chi connectivity index (χ1v) is 6.08. The van der Waals surface area contributed by atoms with Crippen molar-refractivity contribution >= 4 is 42.1 Å². The summed E-state index contributed by atoms with van der Waals surface area (Å²) in [6.07, 6.45) is 5.25. The number of ether oxygens (including phenoxy) is 1. The first kappa shape index (κ1) is 22.6. The zero-order valence-corrected chi connectivity index (χ0v) is 13.3. The van der Waals surface area contributed by atoms with E-state index in [-0.39, 0.29) is 24.8 Å². The summed E-state index contributed by atoms with van der Waals surface area (Å²) in [7, 11) is 4.13. The van der Waals surface area contributed by atoms with Crippen LogP contribution in [0.25, 0.3) is 0 Å². The second-order valence-electron chi connectivity index (χ2n) is 3.98. The van der Waals surface area contributed by atoms with Crippen LogP contribution in [0.4, 0.5) is 0 Å². The molecule has 0 aromatic carbocycles. The van der Waals surface area contributed by atoms with E-state index in [2.05, 4.69) is 19.0 Å². The summed E-state index contributed by atoms with van der Waals surface area (Å²) in [6.45, 7) is 2.59. The topological polar surface area (TPSA) is 38.5 Å². The number of hydrogen-bond donors (Lipinski definition) is 1. The number of thiocarbonyl (C=S) groups is 1. The van der Waals surface area contributed by atoms with Crippen molar-refractivity contribution in [3.63, 3.8) is 0 Å². The molecular weight excluding hydrogens is 279 g/mol. The average Bonchev–Trinajstić information content (AvgIpc) is 2.17. The van der Waals surface area contributed by atoms with Crippen molar-refractivity contribution < 1.29 is 4.74 Å². The molecule has 0 fully saturated rings. The molecule has 0 unspecified atom stereocenters. The van der Waals surface area contributed by atoms with Gasteiger partial charge in [-0.25, -0.2) is 0 Å². The minimum atomic E-state index is 0. The number of halogens is 2. The molecule has 0 aliphatic carbocycles. The number of rotatable bonds is 9. The molecule has 0 saturated carbocycles. The lowest BCUT2D eigenvalue weighted by molar-refractivity contribution is 0.289. The Morgan fingerprint density at radius 3 is 2.29 bits per heavy atom. The quantitative estimate of drug-likeness (QED) is 0.525. The van der Waals surface area contributed by atoms with Crippen LogP contribution in [0, 0.1) is 0 Å². The van der Waals surface area contributed by atoms with Gasteiger partial charge in [0.25, 0.3) is 0 Å². The Labute approximate surface area is 123 Å². The van der Waals surface area contributed by atoms with Crippen molar-refractivity contribution in [3.8, 4) is 0 Å². The van der Waals surface area contributed by atoms with Gasteiger partial charge in [0, 0.05) is 6.42 Å². The molecule has 0 radical (unpaired) electrons. The Bertz CT molecular complexity index is 172. The Morgan fingerprint density at radius 1 is 1.12 bits per heavy atom. The Morgan fingerprint density at radius 2 is 1.76 bits per heavy atom. The van der Waals surface area contributed by atoms with Gasteiger partial charge in [0.2, 0.25) is 0 Å². The van der Waals surface area contributed by atoms with Crippen molar-refractivity contribution in [1.29, 1.82) is 0 Å². The first-order valence-electron chi connectivity index (χ1n) is 5.67. The molecule has 0 rings (SSSR count). The predicted molar refractivity (Wildman–Crippen MR) is 83.7 cm³/mol. The lowest BCUT2D eigenvalue weighted by Gasteiger charge is -2.10. The second-order valence-corrected chi connectivity index (χ2v) is 4.43. The molecule has 0 bridgehead atoms. The van der Waals surface area contributed by atoms with Crippen LogP contribution in [0.5, 0.6) is 0 Å². The Kier molecular flexibility index (Phi) is 21.8. The van der Waals surface area contributed by atoms with Gasteiger partial charge >= 0.3 is 0 Å². The summed E-state index contributed by atoms with van der Waals surface area (Å²) in [4.78, 5) is 2.16. The summed E-state index contributed by atoms with van der Waals surface area (Å²) in [5, 5.41) is 0.754. The smallest absolute Gasteiger partial charge is 0.159 e. The number of unbranched alkanes of at least 4 members (excludes halogenated alkanes) is 2. The van der Waals surface area contributed by atoms with Gasteiger partial charge in [-0.15, -0.1) is 24.8 Å². The van der Waals surface area contributed by atoms with Crippen molar-refractivity contribution in [2.45, 2.75) is 32.1 Å². The molecule has 106 valence electrons. The highest BCUT2D eigenvalue weighted by atomic mass is 35.5. The van der Waals surface area contributed by atoms with E-state index in [0.717, 1.165) is 56.9 Å². The van der Waals surface area contributed by atoms with E-state index in [9.17, 15) is 0 Å². The van der Waals surface area contributed by atoms with Crippen LogP contribution in [-0.4, -0.2) is 43.7 Å². The fraction of sp³-hybridized carbons (Fsp3) is 0.909. The van der Waals surface area contributed by atoms with Gasteiger partial charge in [-0.1, -0.05) is 0 Å². The minimum absolute atomic E-state index is 0. The molecule has 0 spiro atoms. The molecule has 0 aromatic rings. The van der Waals surface area contributed by atoms with Crippen molar-refractivity contribution in [2.24, 2.45) is 5.73 Å². The first-order chi connectivity index (χ1) is 7.16. The molecule has 0 aromatic heterocycles. The van der Waals surface area contributed by atoms with Gasteiger partial charge in [-0.2, -0.15) is 0 Å². The third-order valence-electron chi connectivity index (χ3n) is 2.10. The zero-order valence-electron chi connectivity index (χ0n) is 10.8. The van der Waals surface area contributed by atoms with Gasteiger partial charge in [0.15, 0.2) is 5.05 Å². The highest BCUT2D eigenvalue weighted by molar-refractivity contribution is 7.80. The summed E-state index contributed by atoms with van der Waals surface area (Å²) in [5.74, 6) is 0. The van der Waals surface area contributed by atoms with Crippen molar-refractivity contribution in [2.75, 3.05) is 33.8 Å². The lowest BCUT2D eigenvalue weighted by Crippen LogP contribution is -2.14. The van der Waals surface area contributed by atoms with Crippen molar-refractivity contribution in [1.82, 2.24) is 4.90 Å². The summed E-state index contributed by atoms with van der Waals surface area (Å²) in [6, 6.07) is 0. The highest BCUT2D eigenvalue weighted by Gasteiger charge is 1.98. The molecule has 17 heavy (non-hydrogen) atoms. The Hall–Kier alpha value is 0.390. The van der Waals surface area contributed by atoms with Crippen LogP contribution in [0.2, 0.25) is 0 Å². The molecule has 2 N–H and O–H groups in total. The number of hydrogen-bond acceptors (Lipinski definition) is 4. The third-order valence-corrected chi connectivity index (χ3v) is 2.42. The summed E-state index contributed by atoms with van der Waals surface area (Å²) >= 11 is 5.12. The van der Waals surface area contributed by atoms with Crippen LogP contribution in [0.3, 0.4) is 0 Å².